The van der Waals surface area contributed by atoms with E-state index in [1.54, 1.807) is 6.07 Å². The van der Waals surface area contributed by atoms with E-state index >= 15 is 0 Å². The Morgan fingerprint density at radius 3 is 3.00 bits per heavy atom. The lowest BCUT2D eigenvalue weighted by Crippen LogP contribution is -2.33. The lowest BCUT2D eigenvalue weighted by molar-refractivity contribution is -0.119. The van der Waals surface area contributed by atoms with Crippen molar-refractivity contribution in [1.29, 1.82) is 0 Å². The van der Waals surface area contributed by atoms with Crippen LogP contribution in [0.15, 0.2) is 18.2 Å². The topological polar surface area (TPSA) is 64.3 Å². The minimum absolute atomic E-state index is 0.00873. The number of nitrogens with two attached hydrogens (primary N) is 1. The molecule has 1 rings (SSSR count). The van der Waals surface area contributed by atoms with E-state index < -0.39 is 0 Å². The summed E-state index contributed by atoms with van der Waals surface area (Å²) in [5, 5.41) is 3.17. The zero-order chi connectivity index (χ0) is 12.0. The molecule has 0 aliphatic rings. The molecule has 1 aromatic carbocycles. The van der Waals surface area contributed by atoms with Crippen LogP contribution in [0.3, 0.4) is 0 Å². The summed E-state index contributed by atoms with van der Waals surface area (Å²) in [6.45, 7) is 2.74. The van der Waals surface area contributed by atoms with Gasteiger partial charge in [0.2, 0.25) is 5.91 Å². The number of carbonyl (C=O) groups excluding carboxylic acids is 1. The minimum atomic E-state index is -0.195. The highest BCUT2D eigenvalue weighted by molar-refractivity contribution is 6.32. The number of ether oxygens (including phenoxy) is 1. The Morgan fingerprint density at radius 2 is 2.31 bits per heavy atom. The van der Waals surface area contributed by atoms with Crippen molar-refractivity contribution < 1.29 is 9.53 Å². The Labute approximate surface area is 99.7 Å². The first-order chi connectivity index (χ1) is 7.63. The smallest absolute Gasteiger partial charge is 0.233 e. The van der Waals surface area contributed by atoms with Gasteiger partial charge >= 0.3 is 0 Å². The minimum Gasteiger partial charge on any atom is -0.490 e. The summed E-state index contributed by atoms with van der Waals surface area (Å²) in [5.74, 6) is 0.433. The van der Waals surface area contributed by atoms with Crippen LogP contribution in [0.25, 0.3) is 0 Å². The van der Waals surface area contributed by atoms with Crippen LogP contribution in [0, 0.1) is 6.92 Å². The molecule has 1 amide bonds. The Kier molecular flexibility index (Phi) is 5.08. The van der Waals surface area contributed by atoms with Crippen LogP contribution >= 0.6 is 11.6 Å². The fraction of sp³-hybridized carbons (Fsp3) is 0.364. The summed E-state index contributed by atoms with van der Waals surface area (Å²) in [4.78, 5) is 10.8. The third kappa shape index (κ3) is 4.08. The maximum atomic E-state index is 10.8. The first-order valence-corrected chi connectivity index (χ1v) is 5.37. The van der Waals surface area contributed by atoms with Crippen LogP contribution in [0.1, 0.15) is 5.56 Å². The van der Waals surface area contributed by atoms with E-state index in [1.165, 1.54) is 0 Å². The van der Waals surface area contributed by atoms with Gasteiger partial charge in [-0.05, 0) is 24.6 Å². The first kappa shape index (κ1) is 12.8. The number of nitrogens with one attached hydrogen (secondary N) is 1. The van der Waals surface area contributed by atoms with Gasteiger partial charge in [-0.15, -0.1) is 0 Å². The van der Waals surface area contributed by atoms with Crippen molar-refractivity contribution in [3.8, 4) is 5.75 Å². The number of aryl methyl sites for hydroxylation is 1. The second-order valence-corrected chi connectivity index (χ2v) is 3.74. The Hall–Kier alpha value is -1.26. The van der Waals surface area contributed by atoms with E-state index in [0.717, 1.165) is 5.56 Å². The van der Waals surface area contributed by atoms with Crippen LogP contribution in [0.5, 0.6) is 5.75 Å². The molecule has 0 unspecified atom stereocenters. The number of carbonyl (C=O) groups is 1. The molecule has 0 fully saturated rings. The summed E-state index contributed by atoms with van der Waals surface area (Å²) in [6.07, 6.45) is 0. The molecule has 0 heterocycles. The third-order valence-electron chi connectivity index (χ3n) is 1.95. The van der Waals surface area contributed by atoms with Crippen LogP contribution in [0.2, 0.25) is 5.02 Å². The maximum absolute atomic E-state index is 10.8. The summed E-state index contributed by atoms with van der Waals surface area (Å²) in [7, 11) is 0. The quantitative estimate of drug-likeness (QED) is 0.760. The highest BCUT2D eigenvalue weighted by atomic mass is 35.5. The number of halogens is 1. The van der Waals surface area contributed by atoms with Gasteiger partial charge in [0.05, 0.1) is 18.1 Å². The normalized spacial score (nSPS) is 9.94. The molecule has 0 aromatic heterocycles. The molecule has 0 atom stereocenters. The molecule has 88 valence electrons. The van der Waals surface area contributed by atoms with E-state index in [0.29, 0.717) is 23.9 Å². The van der Waals surface area contributed by atoms with Gasteiger partial charge in [0, 0.05) is 0 Å². The van der Waals surface area contributed by atoms with E-state index in [4.69, 9.17) is 22.1 Å². The van der Waals surface area contributed by atoms with Gasteiger partial charge in [0.15, 0.2) is 0 Å². The van der Waals surface area contributed by atoms with Crippen LogP contribution in [-0.4, -0.2) is 25.6 Å². The van der Waals surface area contributed by atoms with Crippen molar-refractivity contribution in [2.75, 3.05) is 19.7 Å². The largest absolute Gasteiger partial charge is 0.490 e. The van der Waals surface area contributed by atoms with E-state index in [9.17, 15) is 4.79 Å². The molecule has 5 heteroatoms. The molecular weight excluding hydrogens is 228 g/mol. The molecule has 1 aromatic rings. The average Bonchev–Trinajstić information content (AvgIpc) is 2.28. The predicted molar refractivity (Wildman–Crippen MR) is 63.7 cm³/mol. The second kappa shape index (κ2) is 6.35. The molecule has 0 bridgehead atoms. The summed E-state index contributed by atoms with van der Waals surface area (Å²) in [5.41, 5.74) is 6.21. The predicted octanol–water partition coefficient (Wildman–Crippen LogP) is 1.10. The highest BCUT2D eigenvalue weighted by Gasteiger charge is 2.01. The molecule has 0 radical (unpaired) electrons. The average molecular weight is 243 g/mol. The number of hydrogen-bond donors (Lipinski definition) is 2. The van der Waals surface area contributed by atoms with Gasteiger partial charge in [-0.3, -0.25) is 4.79 Å². The number of amides is 1. The molecule has 0 aliphatic carbocycles. The van der Waals surface area contributed by atoms with Gasteiger partial charge in [-0.2, -0.15) is 0 Å². The van der Waals surface area contributed by atoms with Gasteiger partial charge in [-0.25, -0.2) is 0 Å². The number of hydrogen-bond acceptors (Lipinski definition) is 3. The molecule has 0 aliphatic heterocycles. The third-order valence-corrected chi connectivity index (χ3v) is 2.27. The highest BCUT2D eigenvalue weighted by Crippen LogP contribution is 2.24. The van der Waals surface area contributed by atoms with Crippen molar-refractivity contribution in [3.63, 3.8) is 0 Å². The van der Waals surface area contributed by atoms with Crippen molar-refractivity contribution in [3.05, 3.63) is 28.8 Å². The number of benzene rings is 1. The number of rotatable bonds is 5. The Bertz CT molecular complexity index is 369. The lowest BCUT2D eigenvalue weighted by Gasteiger charge is -2.09. The lowest BCUT2D eigenvalue weighted by atomic mass is 10.2. The second-order valence-electron chi connectivity index (χ2n) is 3.34. The molecule has 4 nitrogen and oxygen atoms in total. The van der Waals surface area contributed by atoms with Crippen molar-refractivity contribution in [1.82, 2.24) is 5.32 Å². The fourth-order valence-corrected chi connectivity index (χ4v) is 1.32. The van der Waals surface area contributed by atoms with Crippen LogP contribution < -0.4 is 15.8 Å². The van der Waals surface area contributed by atoms with Gasteiger partial charge in [0.25, 0.3) is 0 Å². The fourth-order valence-electron chi connectivity index (χ4n) is 1.14. The zero-order valence-electron chi connectivity index (χ0n) is 9.13. The first-order valence-electron chi connectivity index (χ1n) is 4.99. The van der Waals surface area contributed by atoms with E-state index in [1.807, 2.05) is 19.1 Å². The van der Waals surface area contributed by atoms with Crippen molar-refractivity contribution in [2.24, 2.45) is 5.73 Å². The molecule has 0 saturated carbocycles. The van der Waals surface area contributed by atoms with Crippen LogP contribution in [-0.2, 0) is 4.79 Å². The Balaban J connectivity index is 2.37. The van der Waals surface area contributed by atoms with Crippen molar-refractivity contribution >= 4 is 17.5 Å². The zero-order valence-corrected chi connectivity index (χ0v) is 9.88. The Morgan fingerprint density at radius 1 is 1.56 bits per heavy atom. The van der Waals surface area contributed by atoms with Gasteiger partial charge in [-0.1, -0.05) is 17.7 Å². The van der Waals surface area contributed by atoms with Crippen molar-refractivity contribution in [2.45, 2.75) is 6.92 Å². The van der Waals surface area contributed by atoms with Crippen LogP contribution in [0.4, 0.5) is 0 Å². The van der Waals surface area contributed by atoms with Gasteiger partial charge in [0.1, 0.15) is 12.4 Å². The van der Waals surface area contributed by atoms with Gasteiger partial charge < -0.3 is 15.8 Å². The standard InChI is InChI=1S/C11H15ClN2O2/c1-8-2-3-9(12)10(6-8)16-5-4-14-11(15)7-13/h2-3,6H,4-5,7,13H2,1H3,(H,14,15). The molecule has 0 spiro atoms. The molecular formula is C11H15ClN2O2. The summed E-state index contributed by atoms with van der Waals surface area (Å²) < 4.78 is 5.43. The molecule has 16 heavy (non-hydrogen) atoms. The monoisotopic (exact) mass is 242 g/mol. The molecule has 0 saturated heterocycles. The van der Waals surface area contributed by atoms with E-state index in [-0.39, 0.29) is 12.5 Å². The molecule has 3 N–H and O–H groups in total. The SMILES string of the molecule is Cc1ccc(Cl)c(OCCNC(=O)CN)c1. The maximum Gasteiger partial charge on any atom is 0.233 e. The summed E-state index contributed by atoms with van der Waals surface area (Å²) >= 11 is 5.93. The van der Waals surface area contributed by atoms with E-state index in [2.05, 4.69) is 5.32 Å². The summed E-state index contributed by atoms with van der Waals surface area (Å²) in [6, 6.07) is 5.54.